The Kier molecular flexibility index (Phi) is 5.09. The first-order chi connectivity index (χ1) is 10.9. The lowest BCUT2D eigenvalue weighted by Crippen LogP contribution is -2.37. The van der Waals surface area contributed by atoms with E-state index >= 15 is 0 Å². The van der Waals surface area contributed by atoms with Crippen molar-refractivity contribution in [3.63, 3.8) is 0 Å². The van der Waals surface area contributed by atoms with E-state index in [0.717, 1.165) is 24.6 Å². The summed E-state index contributed by atoms with van der Waals surface area (Å²) in [5, 5.41) is 7.22. The first kappa shape index (κ1) is 15.1. The lowest BCUT2D eigenvalue weighted by Gasteiger charge is -2.25. The average molecular weight is 296 g/mol. The fraction of sp³-hybridized carbons (Fsp3) is 0.368. The molecule has 3 heteroatoms. The van der Waals surface area contributed by atoms with Crippen molar-refractivity contribution in [2.24, 2.45) is 0 Å². The number of rotatable bonds is 6. The molecule has 1 saturated heterocycles. The molecule has 3 rings (SSSR count). The SMILES string of the molecule is CCN[C@@H](c1cccc(Oc2ccccc2)c1)C1CCCN1. The third-order valence-electron chi connectivity index (χ3n) is 4.12. The Bertz CT molecular complexity index is 579. The van der Waals surface area contributed by atoms with E-state index < -0.39 is 0 Å². The molecular weight excluding hydrogens is 272 g/mol. The summed E-state index contributed by atoms with van der Waals surface area (Å²) in [5.41, 5.74) is 1.29. The maximum absolute atomic E-state index is 5.96. The third kappa shape index (κ3) is 3.67. The van der Waals surface area contributed by atoms with Crippen molar-refractivity contribution < 1.29 is 4.74 Å². The zero-order chi connectivity index (χ0) is 15.2. The summed E-state index contributed by atoms with van der Waals surface area (Å²) in [7, 11) is 0. The monoisotopic (exact) mass is 296 g/mol. The molecule has 2 N–H and O–H groups in total. The summed E-state index contributed by atoms with van der Waals surface area (Å²) < 4.78 is 5.96. The van der Waals surface area contributed by atoms with E-state index in [-0.39, 0.29) is 0 Å². The molecule has 0 bridgehead atoms. The van der Waals surface area contributed by atoms with Crippen LogP contribution in [0.25, 0.3) is 0 Å². The van der Waals surface area contributed by atoms with Gasteiger partial charge in [0.2, 0.25) is 0 Å². The lowest BCUT2D eigenvalue weighted by atomic mass is 9.98. The van der Waals surface area contributed by atoms with Crippen LogP contribution in [-0.2, 0) is 0 Å². The second-order valence-electron chi connectivity index (χ2n) is 5.73. The van der Waals surface area contributed by atoms with Gasteiger partial charge in [-0.1, -0.05) is 37.3 Å². The van der Waals surface area contributed by atoms with Gasteiger partial charge in [0.1, 0.15) is 11.5 Å². The highest BCUT2D eigenvalue weighted by Crippen LogP contribution is 2.28. The number of nitrogens with one attached hydrogen (secondary N) is 2. The van der Waals surface area contributed by atoms with E-state index in [0.29, 0.717) is 12.1 Å². The molecule has 1 heterocycles. The first-order valence-electron chi connectivity index (χ1n) is 8.16. The van der Waals surface area contributed by atoms with Gasteiger partial charge in [-0.2, -0.15) is 0 Å². The van der Waals surface area contributed by atoms with Crippen LogP contribution in [0.2, 0.25) is 0 Å². The number of hydrogen-bond acceptors (Lipinski definition) is 3. The predicted octanol–water partition coefficient (Wildman–Crippen LogP) is 3.88. The number of hydrogen-bond donors (Lipinski definition) is 2. The summed E-state index contributed by atoms with van der Waals surface area (Å²) in [6, 6.07) is 19.2. The van der Waals surface area contributed by atoms with Gasteiger partial charge in [0, 0.05) is 12.1 Å². The maximum atomic E-state index is 5.96. The topological polar surface area (TPSA) is 33.3 Å². The number of para-hydroxylation sites is 1. The van der Waals surface area contributed by atoms with Gasteiger partial charge >= 0.3 is 0 Å². The second-order valence-corrected chi connectivity index (χ2v) is 5.73. The molecule has 116 valence electrons. The van der Waals surface area contributed by atoms with Crippen LogP contribution in [0.1, 0.15) is 31.4 Å². The maximum Gasteiger partial charge on any atom is 0.127 e. The van der Waals surface area contributed by atoms with Crippen molar-refractivity contribution in [1.29, 1.82) is 0 Å². The molecule has 1 unspecified atom stereocenters. The minimum absolute atomic E-state index is 0.340. The van der Waals surface area contributed by atoms with E-state index in [9.17, 15) is 0 Å². The number of benzene rings is 2. The number of ether oxygens (including phenoxy) is 1. The largest absolute Gasteiger partial charge is 0.457 e. The van der Waals surface area contributed by atoms with Crippen molar-refractivity contribution in [3.05, 3.63) is 60.2 Å². The van der Waals surface area contributed by atoms with E-state index in [1.807, 2.05) is 36.4 Å². The van der Waals surface area contributed by atoms with Crippen LogP contribution in [0.4, 0.5) is 0 Å². The normalized spacial score (nSPS) is 19.0. The Balaban J connectivity index is 1.79. The zero-order valence-corrected chi connectivity index (χ0v) is 13.1. The Labute approximate surface area is 132 Å². The quantitative estimate of drug-likeness (QED) is 0.848. The van der Waals surface area contributed by atoms with Crippen LogP contribution in [0.3, 0.4) is 0 Å². The molecule has 2 aromatic rings. The van der Waals surface area contributed by atoms with Gasteiger partial charge in [0.25, 0.3) is 0 Å². The minimum atomic E-state index is 0.340. The van der Waals surface area contributed by atoms with Gasteiger partial charge in [0.15, 0.2) is 0 Å². The van der Waals surface area contributed by atoms with Crippen molar-refractivity contribution in [2.45, 2.75) is 31.8 Å². The van der Waals surface area contributed by atoms with Crippen LogP contribution in [0.15, 0.2) is 54.6 Å². The van der Waals surface area contributed by atoms with Gasteiger partial charge in [-0.25, -0.2) is 0 Å². The predicted molar refractivity (Wildman–Crippen MR) is 90.4 cm³/mol. The third-order valence-corrected chi connectivity index (χ3v) is 4.12. The van der Waals surface area contributed by atoms with Crippen LogP contribution in [0, 0.1) is 0 Å². The van der Waals surface area contributed by atoms with Crippen molar-refractivity contribution in [2.75, 3.05) is 13.1 Å². The molecule has 0 radical (unpaired) electrons. The Morgan fingerprint density at radius 2 is 1.95 bits per heavy atom. The van der Waals surface area contributed by atoms with Crippen LogP contribution in [-0.4, -0.2) is 19.1 Å². The molecule has 1 aliphatic rings. The number of likely N-dealkylation sites (N-methyl/N-ethyl adjacent to an activating group) is 1. The molecule has 0 amide bonds. The van der Waals surface area contributed by atoms with E-state index in [1.165, 1.54) is 18.4 Å². The highest BCUT2D eigenvalue weighted by Gasteiger charge is 2.25. The molecule has 0 aliphatic carbocycles. The molecule has 3 nitrogen and oxygen atoms in total. The van der Waals surface area contributed by atoms with Crippen LogP contribution < -0.4 is 15.4 Å². The van der Waals surface area contributed by atoms with E-state index in [2.05, 4.69) is 35.8 Å². The molecule has 0 spiro atoms. The Hall–Kier alpha value is -1.84. The van der Waals surface area contributed by atoms with E-state index in [4.69, 9.17) is 4.74 Å². The fourth-order valence-corrected chi connectivity index (χ4v) is 3.10. The van der Waals surface area contributed by atoms with Crippen molar-refractivity contribution in [3.8, 4) is 11.5 Å². The Morgan fingerprint density at radius 3 is 2.68 bits per heavy atom. The molecule has 22 heavy (non-hydrogen) atoms. The summed E-state index contributed by atoms with van der Waals surface area (Å²) in [5.74, 6) is 1.77. The van der Waals surface area contributed by atoms with Gasteiger partial charge in [-0.3, -0.25) is 0 Å². The highest BCUT2D eigenvalue weighted by atomic mass is 16.5. The summed E-state index contributed by atoms with van der Waals surface area (Å²) in [6.07, 6.45) is 2.48. The zero-order valence-electron chi connectivity index (χ0n) is 13.1. The smallest absolute Gasteiger partial charge is 0.127 e. The van der Waals surface area contributed by atoms with Gasteiger partial charge in [0.05, 0.1) is 0 Å². The molecule has 2 atom stereocenters. The molecule has 1 fully saturated rings. The van der Waals surface area contributed by atoms with Gasteiger partial charge in [-0.05, 0) is 55.8 Å². The average Bonchev–Trinajstić information content (AvgIpc) is 3.08. The first-order valence-corrected chi connectivity index (χ1v) is 8.16. The summed E-state index contributed by atoms with van der Waals surface area (Å²) in [4.78, 5) is 0. The fourth-order valence-electron chi connectivity index (χ4n) is 3.10. The van der Waals surface area contributed by atoms with Crippen molar-refractivity contribution >= 4 is 0 Å². The lowest BCUT2D eigenvalue weighted by molar-refractivity contribution is 0.418. The standard InChI is InChI=1S/C19H24N2O/c1-2-20-19(18-12-7-13-21-18)15-8-6-11-17(14-15)22-16-9-4-3-5-10-16/h3-6,8-11,14,18-21H,2,7,12-13H2,1H3/t18?,19-/m0/s1. The minimum Gasteiger partial charge on any atom is -0.457 e. The van der Waals surface area contributed by atoms with Gasteiger partial charge < -0.3 is 15.4 Å². The van der Waals surface area contributed by atoms with Crippen LogP contribution >= 0.6 is 0 Å². The molecular formula is C19H24N2O. The summed E-state index contributed by atoms with van der Waals surface area (Å²) in [6.45, 7) is 4.24. The second kappa shape index (κ2) is 7.43. The molecule has 1 aliphatic heterocycles. The molecule has 0 aromatic heterocycles. The Morgan fingerprint density at radius 1 is 1.14 bits per heavy atom. The molecule has 0 saturated carbocycles. The van der Waals surface area contributed by atoms with E-state index in [1.54, 1.807) is 0 Å². The van der Waals surface area contributed by atoms with Gasteiger partial charge in [-0.15, -0.1) is 0 Å². The van der Waals surface area contributed by atoms with Crippen LogP contribution in [0.5, 0.6) is 11.5 Å². The molecule has 2 aromatic carbocycles. The van der Waals surface area contributed by atoms with Crippen molar-refractivity contribution in [1.82, 2.24) is 10.6 Å². The summed E-state index contributed by atoms with van der Waals surface area (Å²) >= 11 is 0. The highest BCUT2D eigenvalue weighted by molar-refractivity contribution is 5.35.